The van der Waals surface area contributed by atoms with Gasteiger partial charge in [0.2, 0.25) is 0 Å². The average Bonchev–Trinajstić information content (AvgIpc) is 3.36. The summed E-state index contributed by atoms with van der Waals surface area (Å²) >= 11 is 0. The van der Waals surface area contributed by atoms with Gasteiger partial charge < -0.3 is 14.8 Å². The average molecular weight is 357 g/mol. The first-order chi connectivity index (χ1) is 12.7. The summed E-state index contributed by atoms with van der Waals surface area (Å²) in [7, 11) is 0. The molecule has 2 heterocycles. The highest BCUT2D eigenvalue weighted by atomic mass is 19.1. The number of piperidine rings is 1. The maximum atomic E-state index is 13.0. The minimum atomic E-state index is -0.272. The lowest BCUT2D eigenvalue weighted by molar-refractivity contribution is 0.145. The number of amides is 2. The maximum Gasteiger partial charge on any atom is 0.318 e. The molecule has 0 radical (unpaired) electrons. The van der Waals surface area contributed by atoms with E-state index >= 15 is 0 Å². The van der Waals surface area contributed by atoms with Gasteiger partial charge in [0.25, 0.3) is 0 Å². The summed E-state index contributed by atoms with van der Waals surface area (Å²) in [4.78, 5) is 14.6. The van der Waals surface area contributed by atoms with Crippen LogP contribution in [0.15, 0.2) is 30.6 Å². The summed E-state index contributed by atoms with van der Waals surface area (Å²) in [5, 5.41) is 11.4. The van der Waals surface area contributed by atoms with Crippen molar-refractivity contribution in [3.05, 3.63) is 47.8 Å². The molecule has 7 heteroatoms. The molecule has 0 spiro atoms. The molecule has 1 aliphatic heterocycles. The Kier molecular flexibility index (Phi) is 4.86. The van der Waals surface area contributed by atoms with E-state index in [4.69, 9.17) is 0 Å². The predicted molar refractivity (Wildman–Crippen MR) is 94.7 cm³/mol. The molecule has 1 saturated heterocycles. The predicted octanol–water partition coefficient (Wildman–Crippen LogP) is 3.26. The van der Waals surface area contributed by atoms with Gasteiger partial charge in [-0.1, -0.05) is 12.1 Å². The molecule has 0 unspecified atom stereocenters. The molecule has 2 amide bonds. The minimum absolute atomic E-state index is 0.0294. The van der Waals surface area contributed by atoms with Gasteiger partial charge in [0.1, 0.15) is 12.1 Å². The molecule has 1 atom stereocenters. The topological polar surface area (TPSA) is 63.1 Å². The van der Waals surface area contributed by atoms with Gasteiger partial charge in [-0.2, -0.15) is 0 Å². The molecule has 26 heavy (non-hydrogen) atoms. The van der Waals surface area contributed by atoms with E-state index in [1.807, 2.05) is 4.90 Å². The largest absolute Gasteiger partial charge is 0.334 e. The van der Waals surface area contributed by atoms with E-state index < -0.39 is 0 Å². The quantitative estimate of drug-likeness (QED) is 0.893. The minimum Gasteiger partial charge on any atom is -0.334 e. The molecule has 2 aromatic rings. The third-order valence-electron chi connectivity index (χ3n) is 5.22. The summed E-state index contributed by atoms with van der Waals surface area (Å²) in [6, 6.07) is 6.07. The number of nitrogens with one attached hydrogen (secondary N) is 1. The van der Waals surface area contributed by atoms with Crippen LogP contribution in [0.2, 0.25) is 0 Å². The maximum absolute atomic E-state index is 13.0. The number of aromatic nitrogens is 3. The van der Waals surface area contributed by atoms with Crippen molar-refractivity contribution in [2.24, 2.45) is 5.92 Å². The monoisotopic (exact) mass is 357 g/mol. The van der Waals surface area contributed by atoms with Crippen LogP contribution in [0.1, 0.15) is 49.5 Å². The standard InChI is InChI=1S/C19H24FN5O/c20-16-8-6-14(7-9-16)11-21-19(26)25-10-2-1-3-17(25)18-23-22-13-24(18)12-15-4-5-15/h6-9,13,15,17H,1-5,10-12H2,(H,21,26)/t17-/m1/s1. The SMILES string of the molecule is O=C(NCc1ccc(F)cc1)N1CCCC[C@@H]1c1nncn1CC1CC1. The Bertz CT molecular complexity index is 756. The van der Waals surface area contributed by atoms with E-state index in [2.05, 4.69) is 20.1 Å². The summed E-state index contributed by atoms with van der Waals surface area (Å²) in [6.45, 7) is 2.05. The van der Waals surface area contributed by atoms with Crippen LogP contribution in [0.3, 0.4) is 0 Å². The van der Waals surface area contributed by atoms with Crippen LogP contribution in [-0.4, -0.2) is 32.2 Å². The smallest absolute Gasteiger partial charge is 0.318 e. The van der Waals surface area contributed by atoms with E-state index in [1.54, 1.807) is 18.5 Å². The molecule has 2 fully saturated rings. The molecule has 1 saturated carbocycles. The zero-order valence-electron chi connectivity index (χ0n) is 14.8. The van der Waals surface area contributed by atoms with E-state index in [0.717, 1.165) is 49.7 Å². The lowest BCUT2D eigenvalue weighted by Gasteiger charge is -2.35. The number of benzene rings is 1. The fraction of sp³-hybridized carbons (Fsp3) is 0.526. The number of urea groups is 1. The Balaban J connectivity index is 1.43. The lowest BCUT2D eigenvalue weighted by Crippen LogP contribution is -2.45. The second-order valence-corrected chi connectivity index (χ2v) is 7.28. The van der Waals surface area contributed by atoms with Crippen LogP contribution in [0.4, 0.5) is 9.18 Å². The van der Waals surface area contributed by atoms with Crippen molar-refractivity contribution in [1.82, 2.24) is 25.0 Å². The first kappa shape index (κ1) is 17.0. The fourth-order valence-corrected chi connectivity index (χ4v) is 3.57. The van der Waals surface area contributed by atoms with E-state index in [1.165, 1.54) is 25.0 Å². The van der Waals surface area contributed by atoms with Gasteiger partial charge in [-0.25, -0.2) is 9.18 Å². The summed E-state index contributed by atoms with van der Waals surface area (Å²) in [5.41, 5.74) is 0.880. The Morgan fingerprint density at radius 2 is 2.00 bits per heavy atom. The molecule has 1 aromatic heterocycles. The Morgan fingerprint density at radius 1 is 1.19 bits per heavy atom. The van der Waals surface area contributed by atoms with Gasteiger partial charge in [0.15, 0.2) is 5.82 Å². The van der Waals surface area contributed by atoms with E-state index in [9.17, 15) is 9.18 Å². The van der Waals surface area contributed by atoms with Crippen LogP contribution in [-0.2, 0) is 13.1 Å². The van der Waals surface area contributed by atoms with Crippen LogP contribution >= 0.6 is 0 Å². The number of rotatable bonds is 5. The van der Waals surface area contributed by atoms with Gasteiger partial charge in [0.05, 0.1) is 6.04 Å². The summed E-state index contributed by atoms with van der Waals surface area (Å²) in [5.74, 6) is 1.36. The van der Waals surface area contributed by atoms with E-state index in [0.29, 0.717) is 6.54 Å². The van der Waals surface area contributed by atoms with Crippen molar-refractivity contribution in [1.29, 1.82) is 0 Å². The Hall–Kier alpha value is -2.44. The first-order valence-corrected chi connectivity index (χ1v) is 9.37. The number of nitrogens with zero attached hydrogens (tertiary/aromatic N) is 4. The Labute approximate surface area is 152 Å². The van der Waals surface area contributed by atoms with Crippen molar-refractivity contribution in [2.75, 3.05) is 6.54 Å². The van der Waals surface area contributed by atoms with Gasteiger partial charge in [-0.3, -0.25) is 0 Å². The normalized spacial score (nSPS) is 20.2. The van der Waals surface area contributed by atoms with Crippen molar-refractivity contribution < 1.29 is 9.18 Å². The highest BCUT2D eigenvalue weighted by Crippen LogP contribution is 2.34. The third kappa shape index (κ3) is 3.86. The third-order valence-corrected chi connectivity index (χ3v) is 5.22. The summed E-state index contributed by atoms with van der Waals surface area (Å²) < 4.78 is 15.1. The molecular formula is C19H24FN5O. The van der Waals surface area contributed by atoms with Gasteiger partial charge in [0, 0.05) is 19.6 Å². The van der Waals surface area contributed by atoms with Crippen LogP contribution in [0, 0.1) is 11.7 Å². The van der Waals surface area contributed by atoms with Crippen molar-refractivity contribution in [3.63, 3.8) is 0 Å². The lowest BCUT2D eigenvalue weighted by atomic mass is 10.0. The van der Waals surface area contributed by atoms with Crippen LogP contribution < -0.4 is 5.32 Å². The molecule has 1 aromatic carbocycles. The first-order valence-electron chi connectivity index (χ1n) is 9.37. The van der Waals surface area contributed by atoms with Crippen LogP contribution in [0.5, 0.6) is 0 Å². The molecule has 1 aliphatic carbocycles. The van der Waals surface area contributed by atoms with Crippen molar-refractivity contribution in [3.8, 4) is 0 Å². The van der Waals surface area contributed by atoms with Gasteiger partial charge in [-0.05, 0) is 55.7 Å². The number of carbonyl (C=O) groups is 1. The fourth-order valence-electron chi connectivity index (χ4n) is 3.57. The second-order valence-electron chi connectivity index (χ2n) is 7.28. The number of carbonyl (C=O) groups excluding carboxylic acids is 1. The Morgan fingerprint density at radius 3 is 2.77 bits per heavy atom. The molecule has 0 bridgehead atoms. The number of hydrogen-bond donors (Lipinski definition) is 1. The molecular weight excluding hydrogens is 333 g/mol. The summed E-state index contributed by atoms with van der Waals surface area (Å²) in [6.07, 6.45) is 7.32. The van der Waals surface area contributed by atoms with Crippen LogP contribution in [0.25, 0.3) is 0 Å². The molecule has 2 aliphatic rings. The molecule has 6 nitrogen and oxygen atoms in total. The van der Waals surface area contributed by atoms with Gasteiger partial charge in [-0.15, -0.1) is 10.2 Å². The van der Waals surface area contributed by atoms with Gasteiger partial charge >= 0.3 is 6.03 Å². The van der Waals surface area contributed by atoms with Crippen molar-refractivity contribution in [2.45, 2.75) is 51.2 Å². The second kappa shape index (κ2) is 7.43. The highest BCUT2D eigenvalue weighted by molar-refractivity contribution is 5.74. The number of hydrogen-bond acceptors (Lipinski definition) is 3. The van der Waals surface area contributed by atoms with E-state index in [-0.39, 0.29) is 17.9 Å². The zero-order chi connectivity index (χ0) is 17.9. The highest BCUT2D eigenvalue weighted by Gasteiger charge is 2.32. The molecule has 138 valence electrons. The molecule has 4 rings (SSSR count). The molecule has 1 N–H and O–H groups in total. The number of halogens is 1. The number of likely N-dealkylation sites (tertiary alicyclic amines) is 1. The van der Waals surface area contributed by atoms with Crippen molar-refractivity contribution >= 4 is 6.03 Å². The zero-order valence-corrected chi connectivity index (χ0v) is 14.8.